The maximum atomic E-state index is 12.8. The van der Waals surface area contributed by atoms with Crippen LogP contribution in [0.4, 0.5) is 5.13 Å². The summed E-state index contributed by atoms with van der Waals surface area (Å²) in [6.07, 6.45) is 8.64. The Hall–Kier alpha value is -2.50. The van der Waals surface area contributed by atoms with Gasteiger partial charge in [-0.25, -0.2) is 15.0 Å². The van der Waals surface area contributed by atoms with Crippen LogP contribution in [0.25, 0.3) is 21.3 Å². The predicted molar refractivity (Wildman–Crippen MR) is 141 cm³/mol. The van der Waals surface area contributed by atoms with Gasteiger partial charge in [-0.15, -0.1) is 0 Å². The monoisotopic (exact) mass is 523 g/mol. The number of aliphatic hydroxyl groups excluding tert-OH is 1. The van der Waals surface area contributed by atoms with Crippen LogP contribution in [-0.2, 0) is 20.9 Å². The van der Waals surface area contributed by atoms with Gasteiger partial charge < -0.3 is 19.9 Å². The van der Waals surface area contributed by atoms with Gasteiger partial charge in [-0.2, -0.15) is 0 Å². The molecule has 2 aliphatic carbocycles. The Morgan fingerprint density at radius 1 is 1.14 bits per heavy atom. The third kappa shape index (κ3) is 5.68. The highest BCUT2D eigenvalue weighted by atomic mass is 32.1. The second kappa shape index (κ2) is 11.1. The molecule has 3 aromatic rings. The highest BCUT2D eigenvalue weighted by Crippen LogP contribution is 2.35. The number of rotatable bonds is 7. The van der Waals surface area contributed by atoms with Crippen LogP contribution >= 0.6 is 11.3 Å². The van der Waals surface area contributed by atoms with Crippen molar-refractivity contribution in [2.24, 2.45) is 5.92 Å². The molecule has 3 fully saturated rings. The largest absolute Gasteiger partial charge is 0.390 e. The Kier molecular flexibility index (Phi) is 7.43. The fourth-order valence-electron chi connectivity index (χ4n) is 5.46. The van der Waals surface area contributed by atoms with E-state index in [0.29, 0.717) is 23.6 Å². The van der Waals surface area contributed by atoms with Gasteiger partial charge in [0.15, 0.2) is 11.0 Å². The first-order valence-corrected chi connectivity index (χ1v) is 14.1. The molecule has 3 heterocycles. The number of thiazole rings is 1. The number of benzene rings is 1. The van der Waals surface area contributed by atoms with Crippen LogP contribution in [0.3, 0.4) is 0 Å². The molecular formula is C27H33N5O4S. The number of carbonyl (C=O) groups excluding carboxylic acids is 1. The number of nitrogens with zero attached hydrogens (tertiary/aromatic N) is 4. The number of aromatic nitrogens is 3. The molecule has 6 rings (SSSR count). The highest BCUT2D eigenvalue weighted by molar-refractivity contribution is 7.22. The summed E-state index contributed by atoms with van der Waals surface area (Å²) < 4.78 is 12.3. The van der Waals surface area contributed by atoms with Crippen molar-refractivity contribution < 1.29 is 19.4 Å². The lowest BCUT2D eigenvalue weighted by molar-refractivity contribution is -0.124. The van der Waals surface area contributed by atoms with E-state index < -0.39 is 0 Å². The first-order valence-electron chi connectivity index (χ1n) is 13.3. The molecule has 37 heavy (non-hydrogen) atoms. The van der Waals surface area contributed by atoms with E-state index in [1.54, 1.807) is 12.4 Å². The van der Waals surface area contributed by atoms with Crippen molar-refractivity contribution in [2.45, 2.75) is 63.4 Å². The summed E-state index contributed by atoms with van der Waals surface area (Å²) in [5.74, 6) is 0.723. The number of amides is 1. The zero-order valence-electron chi connectivity index (χ0n) is 20.8. The van der Waals surface area contributed by atoms with Crippen LogP contribution < -0.4 is 5.32 Å². The molecule has 0 spiro atoms. The van der Waals surface area contributed by atoms with Crippen molar-refractivity contribution in [1.82, 2.24) is 19.9 Å². The minimum Gasteiger partial charge on any atom is -0.390 e. The topological polar surface area (TPSA) is 110 Å². The van der Waals surface area contributed by atoms with E-state index in [9.17, 15) is 9.90 Å². The van der Waals surface area contributed by atoms with Crippen LogP contribution in [0, 0.1) is 5.92 Å². The molecule has 1 unspecified atom stereocenters. The lowest BCUT2D eigenvalue weighted by atomic mass is 9.78. The Morgan fingerprint density at radius 3 is 2.81 bits per heavy atom. The normalized spacial score (nSPS) is 26.6. The average molecular weight is 524 g/mol. The predicted octanol–water partition coefficient (Wildman–Crippen LogP) is 3.62. The minimum atomic E-state index is -0.384. The van der Waals surface area contributed by atoms with Gasteiger partial charge in [0.25, 0.3) is 0 Å². The lowest BCUT2D eigenvalue weighted by Gasteiger charge is -2.41. The van der Waals surface area contributed by atoms with Crippen LogP contribution in [0.1, 0.15) is 44.3 Å². The standard InChI is InChI=1S/C27H33N5O4S/c33-22-3-1-4-23(22)36-16-25-28-14-19(15-29-25)17-5-6-21-24(13-17)37-27(30-21)31-26(34)18-11-20(12-18)32-7-2-9-35-10-8-32/h5-6,13-15,18,20,22-23,33H,1-4,7-12,16H2,(H,30,31,34)/t18?,20?,22?,23-/m0/s1. The molecule has 9 nitrogen and oxygen atoms in total. The van der Waals surface area contributed by atoms with E-state index in [-0.39, 0.29) is 24.0 Å². The van der Waals surface area contributed by atoms with E-state index in [0.717, 1.165) is 86.2 Å². The third-order valence-corrected chi connectivity index (χ3v) is 8.69. The molecule has 0 bridgehead atoms. The summed E-state index contributed by atoms with van der Waals surface area (Å²) in [4.78, 5) is 28.8. The molecule has 196 valence electrons. The highest BCUT2D eigenvalue weighted by Gasteiger charge is 2.38. The van der Waals surface area contributed by atoms with Gasteiger partial charge in [-0.1, -0.05) is 17.4 Å². The summed E-state index contributed by atoms with van der Waals surface area (Å²) in [6.45, 7) is 3.95. The van der Waals surface area contributed by atoms with E-state index in [1.165, 1.54) is 11.3 Å². The molecule has 3 aliphatic rings. The van der Waals surface area contributed by atoms with Crippen molar-refractivity contribution >= 4 is 32.6 Å². The first-order chi connectivity index (χ1) is 18.1. The van der Waals surface area contributed by atoms with E-state index in [1.807, 2.05) is 12.1 Å². The molecule has 1 amide bonds. The van der Waals surface area contributed by atoms with Crippen LogP contribution in [0.5, 0.6) is 0 Å². The number of anilines is 1. The number of hydrogen-bond donors (Lipinski definition) is 2. The fourth-order valence-corrected chi connectivity index (χ4v) is 6.36. The van der Waals surface area contributed by atoms with E-state index in [2.05, 4.69) is 31.2 Å². The van der Waals surface area contributed by atoms with Gasteiger partial charge in [0, 0.05) is 49.6 Å². The van der Waals surface area contributed by atoms with Gasteiger partial charge in [0.1, 0.15) is 6.61 Å². The zero-order chi connectivity index (χ0) is 25.2. The molecule has 1 aliphatic heterocycles. The second-order valence-corrected chi connectivity index (χ2v) is 11.3. The Bertz CT molecular complexity index is 1220. The molecule has 2 aromatic heterocycles. The third-order valence-electron chi connectivity index (χ3n) is 7.76. The number of nitrogens with one attached hydrogen (secondary N) is 1. The molecule has 2 N–H and O–H groups in total. The fraction of sp³-hybridized carbons (Fsp3) is 0.556. The second-order valence-electron chi connectivity index (χ2n) is 10.3. The number of ether oxygens (including phenoxy) is 2. The van der Waals surface area contributed by atoms with Gasteiger partial charge >= 0.3 is 0 Å². The summed E-state index contributed by atoms with van der Waals surface area (Å²) in [5.41, 5.74) is 2.77. The minimum absolute atomic E-state index is 0.0494. The van der Waals surface area contributed by atoms with Gasteiger partial charge in [-0.3, -0.25) is 9.69 Å². The number of fused-ring (bicyclic) bond motifs is 1. The van der Waals surface area contributed by atoms with E-state index in [4.69, 9.17) is 9.47 Å². The zero-order valence-corrected chi connectivity index (χ0v) is 21.7. The summed E-state index contributed by atoms with van der Waals surface area (Å²) in [7, 11) is 0. The molecule has 1 saturated heterocycles. The van der Waals surface area contributed by atoms with Crippen molar-refractivity contribution in [2.75, 3.05) is 31.6 Å². The first kappa shape index (κ1) is 24.8. The van der Waals surface area contributed by atoms with Crippen LogP contribution in [0.15, 0.2) is 30.6 Å². The SMILES string of the molecule is O=C(Nc1nc2ccc(-c3cnc(CO[C@H]4CCCC4O)nc3)cc2s1)C1CC(N2CCCOCC2)C1. The lowest BCUT2D eigenvalue weighted by Crippen LogP contribution is -2.49. The number of carbonyl (C=O) groups is 1. The molecule has 2 saturated carbocycles. The average Bonchev–Trinajstić information content (AvgIpc) is 3.37. The van der Waals surface area contributed by atoms with Crippen LogP contribution in [0.2, 0.25) is 0 Å². The number of hydrogen-bond acceptors (Lipinski definition) is 9. The van der Waals surface area contributed by atoms with Crippen LogP contribution in [-0.4, -0.2) is 75.4 Å². The molecule has 1 aromatic carbocycles. The summed E-state index contributed by atoms with van der Waals surface area (Å²) in [5, 5.41) is 13.6. The maximum Gasteiger partial charge on any atom is 0.229 e. The quantitative estimate of drug-likeness (QED) is 0.483. The maximum absolute atomic E-state index is 12.8. The summed E-state index contributed by atoms with van der Waals surface area (Å²) >= 11 is 1.49. The molecule has 2 atom stereocenters. The Balaban J connectivity index is 1.04. The van der Waals surface area contributed by atoms with Crippen molar-refractivity contribution in [3.63, 3.8) is 0 Å². The molecular weight excluding hydrogens is 490 g/mol. The Labute approximate surface area is 220 Å². The van der Waals surface area contributed by atoms with Crippen molar-refractivity contribution in [1.29, 1.82) is 0 Å². The molecule has 0 radical (unpaired) electrons. The van der Waals surface area contributed by atoms with Crippen molar-refractivity contribution in [3.05, 3.63) is 36.4 Å². The van der Waals surface area contributed by atoms with E-state index >= 15 is 0 Å². The Morgan fingerprint density at radius 2 is 2.00 bits per heavy atom. The summed E-state index contributed by atoms with van der Waals surface area (Å²) in [6, 6.07) is 6.52. The smallest absolute Gasteiger partial charge is 0.229 e. The van der Waals surface area contributed by atoms with Gasteiger partial charge in [0.2, 0.25) is 5.91 Å². The van der Waals surface area contributed by atoms with Crippen molar-refractivity contribution in [3.8, 4) is 11.1 Å². The molecule has 10 heteroatoms. The van der Waals surface area contributed by atoms with Gasteiger partial charge in [0.05, 0.1) is 29.0 Å². The van der Waals surface area contributed by atoms with Gasteiger partial charge in [-0.05, 0) is 56.2 Å². The number of aliphatic hydroxyl groups is 1.